The van der Waals surface area contributed by atoms with Gasteiger partial charge in [0, 0.05) is 39.8 Å². The predicted octanol–water partition coefficient (Wildman–Crippen LogP) is 2.18. The first-order valence-corrected chi connectivity index (χ1v) is 7.94. The van der Waals surface area contributed by atoms with Crippen LogP contribution in [0.25, 0.3) is 0 Å². The minimum absolute atomic E-state index is 0.266. The van der Waals surface area contributed by atoms with Crippen molar-refractivity contribution in [3.05, 3.63) is 15.6 Å². The van der Waals surface area contributed by atoms with E-state index in [1.165, 1.54) is 4.88 Å². The highest BCUT2D eigenvalue weighted by Crippen LogP contribution is 2.24. The van der Waals surface area contributed by atoms with Crippen molar-refractivity contribution in [3.63, 3.8) is 0 Å². The van der Waals surface area contributed by atoms with Crippen LogP contribution in [0, 0.1) is 13.8 Å². The first kappa shape index (κ1) is 13.8. The van der Waals surface area contributed by atoms with Gasteiger partial charge in [-0.2, -0.15) is 0 Å². The minimum atomic E-state index is -0.743. The summed E-state index contributed by atoms with van der Waals surface area (Å²) in [5.74, 6) is 0.696. The van der Waals surface area contributed by atoms with E-state index < -0.39 is 10.8 Å². The van der Waals surface area contributed by atoms with Gasteiger partial charge in [-0.05, 0) is 27.7 Å². The lowest BCUT2D eigenvalue weighted by atomic mass is 10.2. The van der Waals surface area contributed by atoms with Crippen molar-refractivity contribution in [2.75, 3.05) is 12.0 Å². The predicted molar refractivity (Wildman–Crippen MR) is 71.5 cm³/mol. The summed E-state index contributed by atoms with van der Waals surface area (Å²) in [4.78, 5) is 5.70. The van der Waals surface area contributed by atoms with Gasteiger partial charge in [0.25, 0.3) is 0 Å². The highest BCUT2D eigenvalue weighted by atomic mass is 32.2. The van der Waals surface area contributed by atoms with Crippen molar-refractivity contribution in [1.29, 1.82) is 0 Å². The molecule has 1 aromatic heterocycles. The van der Waals surface area contributed by atoms with Gasteiger partial charge in [0.1, 0.15) is 0 Å². The number of hydrogen-bond acceptors (Lipinski definition) is 4. The van der Waals surface area contributed by atoms with E-state index in [4.69, 9.17) is 0 Å². The fourth-order valence-corrected chi connectivity index (χ4v) is 3.59. The summed E-state index contributed by atoms with van der Waals surface area (Å²) in [6, 6.07) is 0.549. The summed E-state index contributed by atoms with van der Waals surface area (Å²) >= 11 is 1.73. The molecule has 0 aliphatic rings. The highest BCUT2D eigenvalue weighted by molar-refractivity contribution is 7.84. The second-order valence-corrected chi connectivity index (χ2v) is 6.93. The lowest BCUT2D eigenvalue weighted by Gasteiger charge is -2.18. The Kier molecular flexibility index (Phi) is 5.08. The summed E-state index contributed by atoms with van der Waals surface area (Å²) in [6.45, 7) is 8.27. The van der Waals surface area contributed by atoms with Gasteiger partial charge in [0.2, 0.25) is 0 Å². The van der Waals surface area contributed by atoms with Gasteiger partial charge in [-0.15, -0.1) is 11.3 Å². The summed E-state index contributed by atoms with van der Waals surface area (Å²) in [6.07, 6.45) is 1.74. The Morgan fingerprint density at radius 3 is 2.50 bits per heavy atom. The molecule has 0 saturated heterocycles. The van der Waals surface area contributed by atoms with Crippen LogP contribution in [0.1, 0.15) is 35.5 Å². The zero-order valence-corrected chi connectivity index (χ0v) is 12.2. The van der Waals surface area contributed by atoms with Crippen molar-refractivity contribution < 1.29 is 4.21 Å². The minimum Gasteiger partial charge on any atom is -0.306 e. The molecule has 16 heavy (non-hydrogen) atoms. The molecule has 0 bridgehead atoms. The van der Waals surface area contributed by atoms with Crippen LogP contribution in [-0.2, 0) is 10.8 Å². The largest absolute Gasteiger partial charge is 0.306 e. The smallest absolute Gasteiger partial charge is 0.0900 e. The van der Waals surface area contributed by atoms with Crippen molar-refractivity contribution in [2.45, 2.75) is 39.8 Å². The monoisotopic (exact) mass is 260 g/mol. The van der Waals surface area contributed by atoms with E-state index in [2.05, 4.69) is 24.1 Å². The molecule has 0 spiro atoms. The molecule has 1 aromatic rings. The Bertz CT molecular complexity index is 376. The average Bonchev–Trinajstić information content (AvgIpc) is 2.43. The second kappa shape index (κ2) is 5.89. The Hall–Kier alpha value is -0.260. The molecule has 5 heteroatoms. The number of aryl methyl sites for hydroxylation is 2. The molecule has 0 amide bonds. The van der Waals surface area contributed by atoms with Crippen molar-refractivity contribution in [2.24, 2.45) is 0 Å². The van der Waals surface area contributed by atoms with Crippen LogP contribution in [0.3, 0.4) is 0 Å². The lowest BCUT2D eigenvalue weighted by molar-refractivity contribution is 0.511. The summed E-state index contributed by atoms with van der Waals surface area (Å²) in [7, 11) is -0.743. The number of nitrogens with zero attached hydrogens (tertiary/aromatic N) is 1. The summed E-state index contributed by atoms with van der Waals surface area (Å²) < 4.78 is 11.1. The molecule has 3 nitrogen and oxygen atoms in total. The molecule has 3 unspecified atom stereocenters. The third-order valence-corrected chi connectivity index (χ3v) is 4.58. The van der Waals surface area contributed by atoms with Gasteiger partial charge in [0.05, 0.1) is 10.7 Å². The number of aromatic nitrogens is 1. The maximum atomic E-state index is 11.1. The van der Waals surface area contributed by atoms with Crippen LogP contribution < -0.4 is 5.32 Å². The third kappa shape index (κ3) is 3.96. The molecular weight excluding hydrogens is 240 g/mol. The molecule has 1 N–H and O–H groups in total. The van der Waals surface area contributed by atoms with Crippen LogP contribution >= 0.6 is 11.3 Å². The van der Waals surface area contributed by atoms with E-state index >= 15 is 0 Å². The van der Waals surface area contributed by atoms with Crippen molar-refractivity contribution >= 4 is 22.1 Å². The molecule has 0 aliphatic heterocycles. The maximum Gasteiger partial charge on any atom is 0.0900 e. The van der Waals surface area contributed by atoms with Gasteiger partial charge in [0.15, 0.2) is 0 Å². The first-order valence-electron chi connectivity index (χ1n) is 5.40. The van der Waals surface area contributed by atoms with Gasteiger partial charge in [-0.25, -0.2) is 4.98 Å². The fourth-order valence-electron chi connectivity index (χ4n) is 1.85. The van der Waals surface area contributed by atoms with Gasteiger partial charge >= 0.3 is 0 Å². The normalized spacial score (nSPS) is 17.1. The van der Waals surface area contributed by atoms with Crippen molar-refractivity contribution in [1.82, 2.24) is 10.3 Å². The lowest BCUT2D eigenvalue weighted by Crippen LogP contribution is -2.33. The molecular formula is C11H20N2OS2. The molecule has 92 valence electrons. The number of nitrogens with one attached hydrogen (secondary N) is 1. The molecule has 1 heterocycles. The summed E-state index contributed by atoms with van der Waals surface area (Å²) in [5.41, 5.74) is 1.10. The topological polar surface area (TPSA) is 42.0 Å². The van der Waals surface area contributed by atoms with E-state index in [1.54, 1.807) is 17.6 Å². The van der Waals surface area contributed by atoms with E-state index in [0.29, 0.717) is 5.75 Å². The molecule has 3 atom stereocenters. The number of thiazole rings is 1. The van der Waals surface area contributed by atoms with E-state index in [-0.39, 0.29) is 12.1 Å². The Morgan fingerprint density at radius 2 is 2.06 bits per heavy atom. The Morgan fingerprint density at radius 1 is 1.44 bits per heavy atom. The molecule has 1 rings (SSSR count). The zero-order chi connectivity index (χ0) is 12.3. The highest BCUT2D eigenvalue weighted by Gasteiger charge is 2.15. The average molecular weight is 260 g/mol. The quantitative estimate of drug-likeness (QED) is 0.882. The van der Waals surface area contributed by atoms with E-state index in [1.807, 2.05) is 13.8 Å². The van der Waals surface area contributed by atoms with Crippen molar-refractivity contribution in [3.8, 4) is 0 Å². The van der Waals surface area contributed by atoms with Gasteiger partial charge < -0.3 is 5.32 Å². The van der Waals surface area contributed by atoms with E-state index in [0.717, 1.165) is 10.7 Å². The molecule has 0 saturated carbocycles. The molecule has 0 radical (unpaired) electrons. The summed E-state index contributed by atoms with van der Waals surface area (Å²) in [5, 5.41) is 4.56. The zero-order valence-electron chi connectivity index (χ0n) is 10.5. The standard InChI is InChI=1S/C11H20N2OS2/c1-7(6-16(5)14)12-8(2)11-9(3)13-10(4)15-11/h7-8,12H,6H2,1-5H3. The van der Waals surface area contributed by atoms with Gasteiger partial charge in [-0.3, -0.25) is 4.21 Å². The first-order chi connectivity index (χ1) is 7.40. The van der Waals surface area contributed by atoms with E-state index in [9.17, 15) is 4.21 Å². The van der Waals surface area contributed by atoms with Crippen LogP contribution in [0.4, 0.5) is 0 Å². The van der Waals surface area contributed by atoms with Crippen LogP contribution in [0.2, 0.25) is 0 Å². The van der Waals surface area contributed by atoms with Crippen LogP contribution in [0.15, 0.2) is 0 Å². The fraction of sp³-hybridized carbons (Fsp3) is 0.727. The number of hydrogen-bond donors (Lipinski definition) is 1. The molecule has 0 fully saturated rings. The van der Waals surface area contributed by atoms with Crippen LogP contribution in [-0.4, -0.2) is 27.2 Å². The third-order valence-electron chi connectivity index (χ3n) is 2.35. The second-order valence-electron chi connectivity index (χ2n) is 4.21. The van der Waals surface area contributed by atoms with Crippen LogP contribution in [0.5, 0.6) is 0 Å². The number of rotatable bonds is 5. The Labute approximate surface area is 104 Å². The Balaban J connectivity index is 2.61. The SMILES string of the molecule is Cc1nc(C)c(C(C)NC(C)CS(C)=O)s1. The maximum absolute atomic E-state index is 11.1. The molecule has 0 aromatic carbocycles. The molecule has 0 aliphatic carbocycles. The van der Waals surface area contributed by atoms with Gasteiger partial charge in [-0.1, -0.05) is 0 Å².